The Kier molecular flexibility index (Phi) is 3.71. The van der Waals surface area contributed by atoms with Crippen molar-refractivity contribution in [3.05, 3.63) is 22.2 Å². The van der Waals surface area contributed by atoms with Crippen molar-refractivity contribution in [1.82, 2.24) is 0 Å². The van der Waals surface area contributed by atoms with Crippen molar-refractivity contribution in [3.8, 4) is 0 Å². The fourth-order valence-corrected chi connectivity index (χ4v) is 3.69. The molecule has 6 nitrogen and oxygen atoms in total. The molecule has 1 N–H and O–H groups in total. The zero-order valence-electron chi connectivity index (χ0n) is 12.2. The third-order valence-electron chi connectivity index (χ3n) is 3.69. The first-order chi connectivity index (χ1) is 9.96. The minimum atomic E-state index is -0.293. The number of rotatable bonds is 2. The Morgan fingerprint density at radius 1 is 1.38 bits per heavy atom. The topological polar surface area (TPSA) is 67.6 Å². The minimum absolute atomic E-state index is 0.0496. The van der Waals surface area contributed by atoms with Gasteiger partial charge in [-0.25, -0.2) is 0 Å². The Hall–Kier alpha value is -1.47. The van der Waals surface area contributed by atoms with Crippen molar-refractivity contribution < 1.29 is 9.66 Å². The maximum absolute atomic E-state index is 11.4. The summed E-state index contributed by atoms with van der Waals surface area (Å²) in [4.78, 5) is 14.3. The van der Waals surface area contributed by atoms with Gasteiger partial charge >= 0.3 is 0 Å². The Balaban J connectivity index is 2.01. The molecule has 0 aliphatic carbocycles. The van der Waals surface area contributed by atoms with Gasteiger partial charge in [0.1, 0.15) is 5.69 Å². The van der Waals surface area contributed by atoms with E-state index >= 15 is 0 Å². The molecule has 1 aromatic carbocycles. The van der Waals surface area contributed by atoms with Gasteiger partial charge in [0.15, 0.2) is 0 Å². The predicted molar refractivity (Wildman–Crippen MR) is 84.6 cm³/mol. The average Bonchev–Trinajstić information content (AvgIpc) is 2.46. The fourth-order valence-electron chi connectivity index (χ4n) is 2.64. The normalized spacial score (nSPS) is 20.6. The third-order valence-corrected chi connectivity index (χ3v) is 5.20. The highest BCUT2D eigenvalue weighted by Crippen LogP contribution is 2.43. The lowest BCUT2D eigenvalue weighted by Crippen LogP contribution is -2.38. The van der Waals surface area contributed by atoms with Crippen LogP contribution in [-0.2, 0) is 4.74 Å². The van der Waals surface area contributed by atoms with E-state index < -0.39 is 0 Å². The smallest absolute Gasteiger partial charge is 0.294 e. The maximum Gasteiger partial charge on any atom is 0.294 e. The van der Waals surface area contributed by atoms with Crippen LogP contribution in [0.2, 0.25) is 0 Å². The van der Waals surface area contributed by atoms with E-state index in [-0.39, 0.29) is 16.1 Å². The number of hydrogen-bond acceptors (Lipinski definition) is 6. The van der Waals surface area contributed by atoms with Crippen LogP contribution >= 0.6 is 11.8 Å². The van der Waals surface area contributed by atoms with Crippen molar-refractivity contribution in [2.45, 2.75) is 24.3 Å². The first-order valence-electron chi connectivity index (χ1n) is 7.02. The molecule has 0 unspecified atom stereocenters. The predicted octanol–water partition coefficient (Wildman–Crippen LogP) is 2.73. The lowest BCUT2D eigenvalue weighted by molar-refractivity contribution is -0.384. The molecule has 1 aromatic rings. The number of nitro benzene ring substituents is 1. The molecule has 7 heteroatoms. The monoisotopic (exact) mass is 309 g/mol. The summed E-state index contributed by atoms with van der Waals surface area (Å²) in [5.41, 5.74) is 1.68. The molecule has 1 fully saturated rings. The molecule has 0 spiro atoms. The molecule has 0 atom stereocenters. The molecule has 114 valence electrons. The van der Waals surface area contributed by atoms with Crippen molar-refractivity contribution in [3.63, 3.8) is 0 Å². The van der Waals surface area contributed by atoms with Crippen LogP contribution in [0.25, 0.3) is 0 Å². The molecule has 0 amide bonds. The van der Waals surface area contributed by atoms with Crippen LogP contribution in [0.3, 0.4) is 0 Å². The van der Waals surface area contributed by atoms with E-state index in [1.807, 2.05) is 11.0 Å². The van der Waals surface area contributed by atoms with Crippen molar-refractivity contribution in [2.75, 3.05) is 42.3 Å². The number of nitrogens with zero attached hydrogens (tertiary/aromatic N) is 2. The number of fused-ring (bicyclic) bond motifs is 1. The van der Waals surface area contributed by atoms with Crippen LogP contribution in [0.5, 0.6) is 0 Å². The largest absolute Gasteiger partial charge is 0.378 e. The van der Waals surface area contributed by atoms with Gasteiger partial charge in [0.2, 0.25) is 0 Å². The zero-order chi connectivity index (χ0) is 15.0. The van der Waals surface area contributed by atoms with E-state index in [4.69, 9.17) is 4.74 Å². The molecular formula is C14H19N3O3S. The number of benzene rings is 1. The van der Waals surface area contributed by atoms with Crippen LogP contribution in [0.15, 0.2) is 17.0 Å². The van der Waals surface area contributed by atoms with E-state index in [0.29, 0.717) is 32.0 Å². The number of hydrogen-bond donors (Lipinski definition) is 1. The number of nitrogens with one attached hydrogen (secondary N) is 1. The maximum atomic E-state index is 11.4. The summed E-state index contributed by atoms with van der Waals surface area (Å²) in [7, 11) is 0. The van der Waals surface area contributed by atoms with E-state index in [2.05, 4.69) is 19.2 Å². The number of morpholine rings is 1. The lowest BCUT2D eigenvalue weighted by Gasteiger charge is -2.34. The molecule has 2 heterocycles. The van der Waals surface area contributed by atoms with Crippen molar-refractivity contribution in [1.29, 1.82) is 0 Å². The molecule has 1 saturated heterocycles. The summed E-state index contributed by atoms with van der Waals surface area (Å²) in [5.74, 6) is 0.945. The molecule has 2 aliphatic rings. The number of anilines is 2. The summed E-state index contributed by atoms with van der Waals surface area (Å²) >= 11 is 1.75. The van der Waals surface area contributed by atoms with E-state index in [9.17, 15) is 10.1 Å². The summed E-state index contributed by atoms with van der Waals surface area (Å²) in [6, 6.07) is 3.62. The Morgan fingerprint density at radius 3 is 2.76 bits per heavy atom. The fraction of sp³-hybridized carbons (Fsp3) is 0.571. The molecule has 0 aromatic heterocycles. The molecule has 0 radical (unpaired) electrons. The van der Waals surface area contributed by atoms with Gasteiger partial charge in [-0.1, -0.05) is 0 Å². The van der Waals surface area contributed by atoms with Gasteiger partial charge in [0.25, 0.3) is 5.69 Å². The lowest BCUT2D eigenvalue weighted by atomic mass is 10.1. The van der Waals surface area contributed by atoms with E-state index in [0.717, 1.165) is 16.3 Å². The van der Waals surface area contributed by atoms with Gasteiger partial charge < -0.3 is 15.0 Å². The summed E-state index contributed by atoms with van der Waals surface area (Å²) in [5, 5.41) is 14.8. The molecular weight excluding hydrogens is 290 g/mol. The van der Waals surface area contributed by atoms with Crippen LogP contribution < -0.4 is 10.2 Å². The highest BCUT2D eigenvalue weighted by molar-refractivity contribution is 7.99. The van der Waals surface area contributed by atoms with Gasteiger partial charge in [-0.2, -0.15) is 0 Å². The second-order valence-electron chi connectivity index (χ2n) is 5.99. The highest BCUT2D eigenvalue weighted by atomic mass is 32.2. The molecule has 21 heavy (non-hydrogen) atoms. The second-order valence-corrected chi connectivity index (χ2v) is 7.01. The van der Waals surface area contributed by atoms with Crippen LogP contribution in [-0.4, -0.2) is 42.5 Å². The summed E-state index contributed by atoms with van der Waals surface area (Å²) in [6.07, 6.45) is 0. The first-order valence-corrected chi connectivity index (χ1v) is 8.01. The van der Waals surface area contributed by atoms with Crippen LogP contribution in [0.1, 0.15) is 13.8 Å². The van der Waals surface area contributed by atoms with Gasteiger partial charge in [0.05, 0.1) is 23.8 Å². The van der Waals surface area contributed by atoms with Gasteiger partial charge in [-0.15, -0.1) is 11.8 Å². The van der Waals surface area contributed by atoms with Crippen LogP contribution in [0, 0.1) is 10.1 Å². The number of ether oxygens (including phenoxy) is 1. The summed E-state index contributed by atoms with van der Waals surface area (Å²) < 4.78 is 5.33. The second kappa shape index (κ2) is 5.38. The van der Waals surface area contributed by atoms with E-state index in [1.54, 1.807) is 17.8 Å². The van der Waals surface area contributed by atoms with E-state index in [1.165, 1.54) is 0 Å². The van der Waals surface area contributed by atoms with Crippen molar-refractivity contribution >= 4 is 28.8 Å². The van der Waals surface area contributed by atoms with Crippen molar-refractivity contribution in [2.24, 2.45) is 0 Å². The Morgan fingerprint density at radius 2 is 2.10 bits per heavy atom. The highest BCUT2D eigenvalue weighted by Gasteiger charge is 2.30. The third kappa shape index (κ3) is 2.94. The molecule has 0 bridgehead atoms. The minimum Gasteiger partial charge on any atom is -0.378 e. The van der Waals surface area contributed by atoms with Crippen LogP contribution in [0.4, 0.5) is 17.1 Å². The number of thioether (sulfide) groups is 1. The molecule has 0 saturated carbocycles. The standard InChI is InChI=1S/C14H19N3O3S/c1-14(2)9-21-13-8-11(16-3-5-20-6-4-16)12(17(18)19)7-10(13)15-14/h7-8,15H,3-6,9H2,1-2H3. The molecule has 2 aliphatic heterocycles. The number of nitro groups is 1. The van der Waals surface area contributed by atoms with Gasteiger partial charge in [-0.05, 0) is 19.9 Å². The first kappa shape index (κ1) is 14.5. The average molecular weight is 309 g/mol. The quantitative estimate of drug-likeness (QED) is 0.669. The SMILES string of the molecule is CC1(C)CSc2cc(N3CCOCC3)c([N+](=O)[O-])cc2N1. The van der Waals surface area contributed by atoms with Gasteiger partial charge in [0, 0.05) is 35.3 Å². The Bertz CT molecular complexity index is 571. The molecule has 3 rings (SSSR count). The van der Waals surface area contributed by atoms with Gasteiger partial charge in [-0.3, -0.25) is 10.1 Å². The summed E-state index contributed by atoms with van der Waals surface area (Å²) in [6.45, 7) is 6.83. The Labute approximate surface area is 128 Å². The zero-order valence-corrected chi connectivity index (χ0v) is 13.0.